The molecular weight excluding hydrogens is 276 g/mol. The highest BCUT2D eigenvalue weighted by Gasteiger charge is 2.39. The molecule has 5 nitrogen and oxygen atoms in total. The average molecular weight is 302 g/mol. The summed E-state index contributed by atoms with van der Waals surface area (Å²) in [6.07, 6.45) is 8.42. The molecule has 0 bridgehead atoms. The fraction of sp³-hybridized carbons (Fsp3) is 0.857. The number of nitrogens with one attached hydrogen (secondary N) is 2. The van der Waals surface area contributed by atoms with Crippen LogP contribution in [0, 0.1) is 5.41 Å². The van der Waals surface area contributed by atoms with E-state index in [1.165, 1.54) is 12.2 Å². The van der Waals surface area contributed by atoms with Crippen molar-refractivity contribution in [2.45, 2.75) is 44.9 Å². The Kier molecular flexibility index (Phi) is 7.80. The maximum atomic E-state index is 11.6. The van der Waals surface area contributed by atoms with Gasteiger partial charge in [0, 0.05) is 13.1 Å². The zero-order chi connectivity index (χ0) is 14.8. The summed E-state index contributed by atoms with van der Waals surface area (Å²) in [5.41, 5.74) is -0.207. The van der Waals surface area contributed by atoms with Crippen molar-refractivity contribution in [3.05, 3.63) is 0 Å². The molecule has 1 aliphatic rings. The third-order valence-corrected chi connectivity index (χ3v) is 4.57. The van der Waals surface area contributed by atoms with Crippen molar-refractivity contribution in [1.82, 2.24) is 10.6 Å². The maximum Gasteiger partial charge on any atom is 0.314 e. The van der Waals surface area contributed by atoms with E-state index in [0.717, 1.165) is 32.1 Å². The molecule has 3 N–H and O–H groups in total. The zero-order valence-corrected chi connectivity index (χ0v) is 13.1. The summed E-state index contributed by atoms with van der Waals surface area (Å²) in [5.74, 6) is 0.393. The molecule has 0 aromatic heterocycles. The lowest BCUT2D eigenvalue weighted by molar-refractivity contribution is -0.141. The second-order valence-electron chi connectivity index (χ2n) is 5.59. The number of hydrogen-bond acceptors (Lipinski definition) is 3. The van der Waals surface area contributed by atoms with Crippen molar-refractivity contribution in [2.24, 2.45) is 5.41 Å². The summed E-state index contributed by atoms with van der Waals surface area (Å²) in [4.78, 5) is 22.5. The van der Waals surface area contributed by atoms with Gasteiger partial charge in [-0.2, -0.15) is 11.8 Å². The molecule has 1 rings (SSSR count). The molecule has 0 heterocycles. The number of urea groups is 1. The van der Waals surface area contributed by atoms with E-state index in [-0.39, 0.29) is 17.9 Å². The molecule has 0 spiro atoms. The van der Waals surface area contributed by atoms with Gasteiger partial charge in [0.1, 0.15) is 0 Å². The van der Waals surface area contributed by atoms with E-state index in [2.05, 4.69) is 16.9 Å². The van der Waals surface area contributed by atoms with Crippen LogP contribution in [-0.4, -0.2) is 42.2 Å². The lowest BCUT2D eigenvalue weighted by atomic mass is 9.66. The van der Waals surface area contributed by atoms with E-state index in [9.17, 15) is 9.59 Å². The molecule has 116 valence electrons. The predicted octanol–water partition coefficient (Wildman–Crippen LogP) is 2.46. The topological polar surface area (TPSA) is 78.4 Å². The highest BCUT2D eigenvalue weighted by atomic mass is 32.2. The Morgan fingerprint density at radius 3 is 2.50 bits per heavy atom. The summed E-state index contributed by atoms with van der Waals surface area (Å²) in [6, 6.07) is -0.175. The van der Waals surface area contributed by atoms with Crippen molar-refractivity contribution >= 4 is 23.8 Å². The van der Waals surface area contributed by atoms with Gasteiger partial charge in [0.15, 0.2) is 0 Å². The minimum absolute atomic E-state index is 0.155. The van der Waals surface area contributed by atoms with Crippen LogP contribution in [0.15, 0.2) is 0 Å². The van der Waals surface area contributed by atoms with Crippen molar-refractivity contribution in [2.75, 3.05) is 25.1 Å². The molecule has 0 unspecified atom stereocenters. The Bertz CT molecular complexity index is 320. The van der Waals surface area contributed by atoms with Gasteiger partial charge < -0.3 is 15.7 Å². The Labute approximate surface area is 125 Å². The molecule has 0 aliphatic heterocycles. The van der Waals surface area contributed by atoms with Gasteiger partial charge in [-0.25, -0.2) is 4.79 Å². The Hall–Kier alpha value is -0.910. The van der Waals surface area contributed by atoms with Crippen LogP contribution in [0.25, 0.3) is 0 Å². The molecule has 0 atom stereocenters. The van der Waals surface area contributed by atoms with Crippen molar-refractivity contribution in [3.8, 4) is 0 Å². The minimum atomic E-state index is -0.777. The number of carboxylic acids is 1. The molecule has 0 aromatic rings. The zero-order valence-electron chi connectivity index (χ0n) is 12.2. The van der Waals surface area contributed by atoms with E-state index in [4.69, 9.17) is 5.11 Å². The quantitative estimate of drug-likeness (QED) is 0.542. The molecular formula is C14H26N2O3S. The number of thioether (sulfide) groups is 1. The monoisotopic (exact) mass is 302 g/mol. The first-order chi connectivity index (χ1) is 9.58. The van der Waals surface area contributed by atoms with E-state index in [0.29, 0.717) is 13.1 Å². The fourth-order valence-corrected chi connectivity index (χ4v) is 2.99. The highest BCUT2D eigenvalue weighted by molar-refractivity contribution is 7.98. The van der Waals surface area contributed by atoms with E-state index in [1.54, 1.807) is 0 Å². The summed E-state index contributed by atoms with van der Waals surface area (Å²) in [6.45, 7) is 1.16. The first-order valence-electron chi connectivity index (χ1n) is 7.30. The number of amides is 2. The second-order valence-corrected chi connectivity index (χ2v) is 6.57. The smallest absolute Gasteiger partial charge is 0.314 e. The SMILES string of the molecule is CSCCCCCNC(=O)NCC1(CC(=O)O)CCC1. The van der Waals surface area contributed by atoms with Gasteiger partial charge in [-0.3, -0.25) is 4.79 Å². The average Bonchev–Trinajstić information content (AvgIpc) is 2.36. The Morgan fingerprint density at radius 1 is 1.20 bits per heavy atom. The number of rotatable bonds is 10. The van der Waals surface area contributed by atoms with Crippen LogP contribution in [-0.2, 0) is 4.79 Å². The van der Waals surface area contributed by atoms with Gasteiger partial charge in [0.2, 0.25) is 0 Å². The first kappa shape index (κ1) is 17.1. The maximum absolute atomic E-state index is 11.6. The van der Waals surface area contributed by atoms with E-state index in [1.807, 2.05) is 11.8 Å². The molecule has 0 aromatic carbocycles. The molecule has 1 saturated carbocycles. The van der Waals surface area contributed by atoms with Crippen molar-refractivity contribution in [3.63, 3.8) is 0 Å². The molecule has 6 heteroatoms. The number of unbranched alkanes of at least 4 members (excludes halogenated alkanes) is 2. The molecule has 0 radical (unpaired) electrons. The van der Waals surface area contributed by atoms with Gasteiger partial charge in [-0.15, -0.1) is 0 Å². The van der Waals surface area contributed by atoms with Crippen molar-refractivity contribution in [1.29, 1.82) is 0 Å². The van der Waals surface area contributed by atoms with Crippen LogP contribution in [0.2, 0.25) is 0 Å². The van der Waals surface area contributed by atoms with Crippen LogP contribution in [0.5, 0.6) is 0 Å². The molecule has 20 heavy (non-hydrogen) atoms. The number of carbonyl (C=O) groups excluding carboxylic acids is 1. The van der Waals surface area contributed by atoms with Crippen LogP contribution >= 0.6 is 11.8 Å². The van der Waals surface area contributed by atoms with Crippen LogP contribution < -0.4 is 10.6 Å². The standard InChI is InChI=1S/C14H26N2O3S/c1-20-9-4-2-3-8-15-13(19)16-11-14(6-5-7-14)10-12(17)18/h2-11H2,1H3,(H,17,18)(H2,15,16,19). The van der Waals surface area contributed by atoms with Crippen molar-refractivity contribution < 1.29 is 14.7 Å². The molecule has 2 amide bonds. The largest absolute Gasteiger partial charge is 0.481 e. The summed E-state index contributed by atoms with van der Waals surface area (Å²) in [5, 5.41) is 14.5. The fourth-order valence-electron chi connectivity index (χ4n) is 2.49. The number of hydrogen-bond donors (Lipinski definition) is 3. The normalized spacial score (nSPS) is 16.2. The molecule has 1 fully saturated rings. The summed E-state index contributed by atoms with van der Waals surface area (Å²) >= 11 is 1.84. The van der Waals surface area contributed by atoms with Crippen LogP contribution in [0.3, 0.4) is 0 Å². The Balaban J connectivity index is 2.08. The second kappa shape index (κ2) is 9.10. The lowest BCUT2D eigenvalue weighted by Crippen LogP contribution is -2.46. The highest BCUT2D eigenvalue weighted by Crippen LogP contribution is 2.43. The van der Waals surface area contributed by atoms with Gasteiger partial charge in [-0.05, 0) is 43.1 Å². The number of aliphatic carboxylic acids is 1. The molecule has 1 aliphatic carbocycles. The molecule has 0 saturated heterocycles. The summed E-state index contributed by atoms with van der Waals surface area (Å²) in [7, 11) is 0. The van der Waals surface area contributed by atoms with Gasteiger partial charge in [0.25, 0.3) is 0 Å². The van der Waals surface area contributed by atoms with Crippen LogP contribution in [0.4, 0.5) is 4.79 Å². The lowest BCUT2D eigenvalue weighted by Gasteiger charge is -2.40. The Morgan fingerprint density at radius 2 is 1.95 bits per heavy atom. The number of carbonyl (C=O) groups is 2. The first-order valence-corrected chi connectivity index (χ1v) is 8.70. The van der Waals surface area contributed by atoms with Gasteiger partial charge in [-0.1, -0.05) is 12.8 Å². The van der Waals surface area contributed by atoms with E-state index < -0.39 is 5.97 Å². The predicted molar refractivity (Wildman–Crippen MR) is 82.2 cm³/mol. The van der Waals surface area contributed by atoms with E-state index >= 15 is 0 Å². The minimum Gasteiger partial charge on any atom is -0.481 e. The number of carboxylic acid groups (broad SMARTS) is 1. The van der Waals surface area contributed by atoms with Crippen LogP contribution in [0.1, 0.15) is 44.9 Å². The third kappa shape index (κ3) is 6.50. The van der Waals surface area contributed by atoms with Gasteiger partial charge in [0.05, 0.1) is 6.42 Å². The summed E-state index contributed by atoms with van der Waals surface area (Å²) < 4.78 is 0. The van der Waals surface area contributed by atoms with Gasteiger partial charge >= 0.3 is 12.0 Å². The third-order valence-electron chi connectivity index (χ3n) is 3.88.